The van der Waals surface area contributed by atoms with E-state index in [1.165, 1.54) is 0 Å². The molecule has 2 aliphatic heterocycles. The quantitative estimate of drug-likeness (QED) is 0.875. The second-order valence-electron chi connectivity index (χ2n) is 6.73. The molecule has 0 aromatic carbocycles. The molecule has 0 bridgehead atoms. The van der Waals surface area contributed by atoms with E-state index in [-0.39, 0.29) is 0 Å². The van der Waals surface area contributed by atoms with Gasteiger partial charge in [0.25, 0.3) is 0 Å². The SMILES string of the molecule is CNCCN1C(=O)CC[C@H]2CN(c3ncnc4[nH]ccc34)CC[C@H]21. The Morgan fingerprint density at radius 1 is 1.38 bits per heavy atom. The number of rotatable bonds is 4. The summed E-state index contributed by atoms with van der Waals surface area (Å²) >= 11 is 0. The number of likely N-dealkylation sites (tertiary alicyclic amines) is 1. The number of hydrogen-bond donors (Lipinski definition) is 2. The molecule has 4 rings (SSSR count). The smallest absolute Gasteiger partial charge is 0.222 e. The third kappa shape index (κ3) is 2.62. The Labute approximate surface area is 141 Å². The maximum atomic E-state index is 12.3. The predicted octanol–water partition coefficient (Wildman–Crippen LogP) is 0.995. The van der Waals surface area contributed by atoms with E-state index in [9.17, 15) is 4.79 Å². The lowest BCUT2D eigenvalue weighted by atomic mass is 9.83. The first-order chi connectivity index (χ1) is 11.8. The van der Waals surface area contributed by atoms with E-state index in [1.54, 1.807) is 6.33 Å². The summed E-state index contributed by atoms with van der Waals surface area (Å²) in [4.78, 5) is 28.7. The molecule has 4 heterocycles. The van der Waals surface area contributed by atoms with Gasteiger partial charge < -0.3 is 20.1 Å². The highest BCUT2D eigenvalue weighted by Gasteiger charge is 2.39. The molecule has 2 atom stereocenters. The molecule has 0 spiro atoms. The Kier molecular flexibility index (Phi) is 4.10. The summed E-state index contributed by atoms with van der Waals surface area (Å²) < 4.78 is 0. The fraction of sp³-hybridized carbons (Fsp3) is 0.588. The summed E-state index contributed by atoms with van der Waals surface area (Å²) in [5.41, 5.74) is 0.886. The highest BCUT2D eigenvalue weighted by atomic mass is 16.2. The Morgan fingerprint density at radius 2 is 2.29 bits per heavy atom. The summed E-state index contributed by atoms with van der Waals surface area (Å²) in [6, 6.07) is 2.42. The molecule has 2 aromatic rings. The van der Waals surface area contributed by atoms with Gasteiger partial charge in [0, 0.05) is 44.8 Å². The number of piperidine rings is 2. The van der Waals surface area contributed by atoms with Crippen molar-refractivity contribution >= 4 is 22.8 Å². The highest BCUT2D eigenvalue weighted by molar-refractivity contribution is 5.87. The van der Waals surface area contributed by atoms with Gasteiger partial charge in [-0.25, -0.2) is 9.97 Å². The lowest BCUT2D eigenvalue weighted by molar-refractivity contribution is -0.139. The van der Waals surface area contributed by atoms with Gasteiger partial charge in [-0.3, -0.25) is 4.79 Å². The molecular weight excluding hydrogens is 304 g/mol. The normalized spacial score (nSPS) is 24.5. The standard InChI is InChI=1S/C17H24N6O/c1-18-7-9-23-14-5-8-22(10-12(14)2-3-15(23)24)17-13-4-6-19-16(13)20-11-21-17/h4,6,11-12,14,18H,2-3,5,7-10H2,1H3,(H,19,20,21)/t12-,14+/m0/s1. The number of H-pyrrole nitrogens is 1. The largest absolute Gasteiger partial charge is 0.356 e. The van der Waals surface area contributed by atoms with Gasteiger partial charge in [0.15, 0.2) is 0 Å². The van der Waals surface area contributed by atoms with Crippen molar-refractivity contribution in [2.45, 2.75) is 25.3 Å². The van der Waals surface area contributed by atoms with Crippen molar-refractivity contribution in [1.82, 2.24) is 25.2 Å². The van der Waals surface area contributed by atoms with E-state index in [1.807, 2.05) is 19.3 Å². The fourth-order valence-corrected chi connectivity index (χ4v) is 4.18. The zero-order chi connectivity index (χ0) is 16.5. The number of likely N-dealkylation sites (N-methyl/N-ethyl adjacent to an activating group) is 1. The first-order valence-electron chi connectivity index (χ1n) is 8.75. The number of nitrogens with one attached hydrogen (secondary N) is 2. The van der Waals surface area contributed by atoms with Crippen LogP contribution in [0, 0.1) is 5.92 Å². The van der Waals surface area contributed by atoms with Crippen molar-refractivity contribution in [3.63, 3.8) is 0 Å². The van der Waals surface area contributed by atoms with E-state index in [2.05, 4.69) is 30.1 Å². The van der Waals surface area contributed by atoms with Crippen LogP contribution < -0.4 is 10.2 Å². The van der Waals surface area contributed by atoms with Gasteiger partial charge in [0.1, 0.15) is 17.8 Å². The van der Waals surface area contributed by atoms with Gasteiger partial charge in [-0.15, -0.1) is 0 Å². The zero-order valence-electron chi connectivity index (χ0n) is 14.0. The van der Waals surface area contributed by atoms with Crippen LogP contribution in [0.1, 0.15) is 19.3 Å². The maximum Gasteiger partial charge on any atom is 0.222 e. The minimum Gasteiger partial charge on any atom is -0.356 e. The van der Waals surface area contributed by atoms with E-state index in [0.717, 1.165) is 55.9 Å². The van der Waals surface area contributed by atoms with Gasteiger partial charge in [-0.2, -0.15) is 0 Å². The lowest BCUT2D eigenvalue weighted by Gasteiger charge is -2.47. The van der Waals surface area contributed by atoms with Crippen molar-refractivity contribution in [2.24, 2.45) is 5.92 Å². The van der Waals surface area contributed by atoms with Crippen LogP contribution in [0.25, 0.3) is 11.0 Å². The van der Waals surface area contributed by atoms with Crippen molar-refractivity contribution in [2.75, 3.05) is 38.1 Å². The molecule has 1 amide bonds. The number of anilines is 1. The molecule has 2 aromatic heterocycles. The number of fused-ring (bicyclic) bond motifs is 2. The Morgan fingerprint density at radius 3 is 3.17 bits per heavy atom. The zero-order valence-corrected chi connectivity index (χ0v) is 14.0. The van der Waals surface area contributed by atoms with E-state index in [0.29, 0.717) is 24.3 Å². The molecule has 0 radical (unpaired) electrons. The van der Waals surface area contributed by atoms with Crippen LogP contribution in [-0.4, -0.2) is 65.0 Å². The first kappa shape index (κ1) is 15.4. The molecule has 24 heavy (non-hydrogen) atoms. The Balaban J connectivity index is 1.54. The van der Waals surface area contributed by atoms with Gasteiger partial charge in [0.2, 0.25) is 5.91 Å². The second kappa shape index (κ2) is 6.39. The van der Waals surface area contributed by atoms with Crippen molar-refractivity contribution < 1.29 is 4.79 Å². The molecular formula is C17H24N6O. The third-order valence-electron chi connectivity index (χ3n) is 5.38. The molecule has 0 saturated carbocycles. The van der Waals surface area contributed by atoms with E-state index < -0.39 is 0 Å². The van der Waals surface area contributed by atoms with Crippen molar-refractivity contribution in [3.05, 3.63) is 18.6 Å². The molecule has 0 aliphatic carbocycles. The summed E-state index contributed by atoms with van der Waals surface area (Å²) in [5, 5.41) is 4.24. The van der Waals surface area contributed by atoms with Crippen LogP contribution in [0.15, 0.2) is 18.6 Å². The van der Waals surface area contributed by atoms with Gasteiger partial charge in [-0.1, -0.05) is 0 Å². The average molecular weight is 328 g/mol. The Bertz CT molecular complexity index is 729. The molecule has 0 unspecified atom stereocenters. The minimum atomic E-state index is 0.315. The number of carbonyl (C=O) groups is 1. The van der Waals surface area contributed by atoms with Crippen LogP contribution in [0.4, 0.5) is 5.82 Å². The van der Waals surface area contributed by atoms with Gasteiger partial charge >= 0.3 is 0 Å². The van der Waals surface area contributed by atoms with Crippen molar-refractivity contribution in [1.29, 1.82) is 0 Å². The molecule has 2 fully saturated rings. The lowest BCUT2D eigenvalue weighted by Crippen LogP contribution is -2.57. The topological polar surface area (TPSA) is 77.2 Å². The number of aromatic nitrogens is 3. The Hall–Kier alpha value is -2.15. The fourth-order valence-electron chi connectivity index (χ4n) is 4.18. The summed E-state index contributed by atoms with van der Waals surface area (Å²) in [5.74, 6) is 1.85. The van der Waals surface area contributed by atoms with Crippen LogP contribution >= 0.6 is 0 Å². The van der Waals surface area contributed by atoms with Crippen LogP contribution in [0.3, 0.4) is 0 Å². The predicted molar refractivity (Wildman–Crippen MR) is 92.9 cm³/mol. The minimum absolute atomic E-state index is 0.315. The summed E-state index contributed by atoms with van der Waals surface area (Å²) in [6.07, 6.45) is 6.20. The average Bonchev–Trinajstić information content (AvgIpc) is 3.09. The van der Waals surface area contributed by atoms with Crippen LogP contribution in [0.5, 0.6) is 0 Å². The monoisotopic (exact) mass is 328 g/mol. The number of carbonyl (C=O) groups excluding carboxylic acids is 1. The molecule has 2 saturated heterocycles. The first-order valence-corrected chi connectivity index (χ1v) is 8.75. The number of hydrogen-bond acceptors (Lipinski definition) is 5. The summed E-state index contributed by atoms with van der Waals surface area (Å²) in [6.45, 7) is 3.56. The molecule has 2 aliphatic rings. The molecule has 7 heteroatoms. The highest BCUT2D eigenvalue weighted by Crippen LogP contribution is 2.34. The van der Waals surface area contributed by atoms with Crippen LogP contribution in [-0.2, 0) is 4.79 Å². The third-order valence-corrected chi connectivity index (χ3v) is 5.38. The number of amides is 1. The molecule has 128 valence electrons. The van der Waals surface area contributed by atoms with Gasteiger partial charge in [0.05, 0.1) is 5.39 Å². The summed E-state index contributed by atoms with van der Waals surface area (Å²) in [7, 11) is 1.94. The second-order valence-corrected chi connectivity index (χ2v) is 6.73. The van der Waals surface area contributed by atoms with Crippen LogP contribution in [0.2, 0.25) is 0 Å². The molecule has 2 N–H and O–H groups in total. The van der Waals surface area contributed by atoms with Crippen molar-refractivity contribution in [3.8, 4) is 0 Å². The number of aromatic amines is 1. The van der Waals surface area contributed by atoms with E-state index >= 15 is 0 Å². The maximum absolute atomic E-state index is 12.3. The molecule has 7 nitrogen and oxygen atoms in total. The van der Waals surface area contributed by atoms with E-state index in [4.69, 9.17) is 0 Å². The number of nitrogens with zero attached hydrogens (tertiary/aromatic N) is 4. The van der Waals surface area contributed by atoms with Gasteiger partial charge in [-0.05, 0) is 31.9 Å².